The molecule has 2 heteroatoms. The maximum absolute atomic E-state index is 9.12. The van der Waals surface area contributed by atoms with Gasteiger partial charge in [0, 0.05) is 6.54 Å². The lowest BCUT2D eigenvalue weighted by atomic mass is 10.1. The fourth-order valence-corrected chi connectivity index (χ4v) is 1.16. The van der Waals surface area contributed by atoms with Crippen molar-refractivity contribution < 1.29 is 5.11 Å². The second kappa shape index (κ2) is 9.75. The molecule has 0 saturated heterocycles. The summed E-state index contributed by atoms with van der Waals surface area (Å²) < 4.78 is 0. The smallest absolute Gasteiger partial charge is 0.0696 e. The van der Waals surface area contributed by atoms with Crippen molar-refractivity contribution in [1.29, 1.82) is 0 Å². The van der Waals surface area contributed by atoms with Crippen molar-refractivity contribution in [2.24, 2.45) is 5.73 Å². The zero-order chi connectivity index (χ0) is 9.94. The van der Waals surface area contributed by atoms with Crippen molar-refractivity contribution in [2.75, 3.05) is 6.54 Å². The second-order valence-electron chi connectivity index (χ2n) is 3.45. The predicted molar refractivity (Wildman–Crippen MR) is 57.6 cm³/mol. The minimum Gasteiger partial charge on any atom is -0.391 e. The SMILES string of the molecule is CCCCCC/C=C/CC(O)CN. The molecule has 0 amide bonds. The number of allylic oxidation sites excluding steroid dienone is 1. The van der Waals surface area contributed by atoms with E-state index in [2.05, 4.69) is 13.0 Å². The number of hydrogen-bond donors (Lipinski definition) is 2. The highest BCUT2D eigenvalue weighted by atomic mass is 16.3. The maximum atomic E-state index is 9.12. The normalized spacial score (nSPS) is 13.8. The van der Waals surface area contributed by atoms with E-state index in [-0.39, 0.29) is 6.10 Å². The van der Waals surface area contributed by atoms with Crippen LogP contribution in [0.15, 0.2) is 12.2 Å². The number of aliphatic hydroxyl groups excluding tert-OH is 1. The highest BCUT2D eigenvalue weighted by Gasteiger charge is 1.94. The van der Waals surface area contributed by atoms with E-state index in [1.165, 1.54) is 25.7 Å². The molecular weight excluding hydrogens is 162 g/mol. The summed E-state index contributed by atoms with van der Waals surface area (Å²) >= 11 is 0. The molecule has 0 heterocycles. The lowest BCUT2D eigenvalue weighted by Crippen LogP contribution is -2.18. The highest BCUT2D eigenvalue weighted by molar-refractivity contribution is 4.84. The van der Waals surface area contributed by atoms with Crippen molar-refractivity contribution in [3.63, 3.8) is 0 Å². The summed E-state index contributed by atoms with van der Waals surface area (Å²) in [5.74, 6) is 0. The summed E-state index contributed by atoms with van der Waals surface area (Å²) in [6.45, 7) is 2.58. The molecule has 0 aliphatic rings. The van der Waals surface area contributed by atoms with Gasteiger partial charge in [-0.1, -0.05) is 38.3 Å². The molecule has 1 unspecified atom stereocenters. The van der Waals surface area contributed by atoms with Crippen LogP contribution in [0.3, 0.4) is 0 Å². The average molecular weight is 185 g/mol. The molecule has 78 valence electrons. The van der Waals surface area contributed by atoms with Crippen molar-refractivity contribution in [2.45, 2.75) is 51.6 Å². The molecule has 0 aromatic heterocycles. The van der Waals surface area contributed by atoms with E-state index in [9.17, 15) is 0 Å². The van der Waals surface area contributed by atoms with Gasteiger partial charge >= 0.3 is 0 Å². The van der Waals surface area contributed by atoms with Gasteiger partial charge in [-0.25, -0.2) is 0 Å². The number of aliphatic hydroxyl groups is 1. The minimum atomic E-state index is -0.355. The Morgan fingerprint density at radius 2 is 2.00 bits per heavy atom. The molecule has 0 fully saturated rings. The van der Waals surface area contributed by atoms with Crippen LogP contribution >= 0.6 is 0 Å². The van der Waals surface area contributed by atoms with Crippen molar-refractivity contribution in [1.82, 2.24) is 0 Å². The zero-order valence-corrected chi connectivity index (χ0v) is 8.71. The molecule has 0 aromatic carbocycles. The molecule has 0 aromatic rings. The van der Waals surface area contributed by atoms with Gasteiger partial charge in [0.1, 0.15) is 0 Å². The first-order valence-electron chi connectivity index (χ1n) is 5.34. The van der Waals surface area contributed by atoms with Crippen LogP contribution in [-0.4, -0.2) is 17.8 Å². The van der Waals surface area contributed by atoms with Gasteiger partial charge in [-0.3, -0.25) is 0 Å². The van der Waals surface area contributed by atoms with Gasteiger partial charge in [0.2, 0.25) is 0 Å². The molecule has 0 rings (SSSR count). The van der Waals surface area contributed by atoms with Crippen LogP contribution in [0.5, 0.6) is 0 Å². The van der Waals surface area contributed by atoms with Crippen LogP contribution in [0.25, 0.3) is 0 Å². The van der Waals surface area contributed by atoms with E-state index in [4.69, 9.17) is 10.8 Å². The van der Waals surface area contributed by atoms with E-state index in [0.29, 0.717) is 13.0 Å². The lowest BCUT2D eigenvalue weighted by molar-refractivity contribution is 0.186. The van der Waals surface area contributed by atoms with Crippen molar-refractivity contribution >= 4 is 0 Å². The van der Waals surface area contributed by atoms with Gasteiger partial charge < -0.3 is 10.8 Å². The molecule has 0 radical (unpaired) electrons. The summed E-state index contributed by atoms with van der Waals surface area (Å²) in [6.07, 6.45) is 10.9. The number of rotatable bonds is 8. The zero-order valence-electron chi connectivity index (χ0n) is 8.71. The number of hydrogen-bond acceptors (Lipinski definition) is 2. The molecule has 0 spiro atoms. The molecule has 13 heavy (non-hydrogen) atoms. The number of unbranched alkanes of at least 4 members (excludes halogenated alkanes) is 4. The van der Waals surface area contributed by atoms with Gasteiger partial charge in [0.25, 0.3) is 0 Å². The van der Waals surface area contributed by atoms with Gasteiger partial charge in [0.15, 0.2) is 0 Å². The summed E-state index contributed by atoms with van der Waals surface area (Å²) in [5.41, 5.74) is 5.27. The van der Waals surface area contributed by atoms with Crippen LogP contribution in [0.1, 0.15) is 45.4 Å². The van der Waals surface area contributed by atoms with Gasteiger partial charge in [-0.2, -0.15) is 0 Å². The van der Waals surface area contributed by atoms with Crippen LogP contribution in [-0.2, 0) is 0 Å². The average Bonchev–Trinajstić information content (AvgIpc) is 2.16. The van der Waals surface area contributed by atoms with Gasteiger partial charge in [-0.05, 0) is 19.3 Å². The molecule has 3 N–H and O–H groups in total. The number of nitrogens with two attached hydrogens (primary N) is 1. The third-order valence-electron chi connectivity index (χ3n) is 2.07. The largest absolute Gasteiger partial charge is 0.391 e. The molecule has 0 aliphatic heterocycles. The maximum Gasteiger partial charge on any atom is 0.0696 e. The monoisotopic (exact) mass is 185 g/mol. The van der Waals surface area contributed by atoms with Gasteiger partial charge in [-0.15, -0.1) is 0 Å². The molecule has 0 bridgehead atoms. The summed E-state index contributed by atoms with van der Waals surface area (Å²) in [6, 6.07) is 0. The first kappa shape index (κ1) is 12.7. The Morgan fingerprint density at radius 3 is 2.62 bits per heavy atom. The molecule has 1 atom stereocenters. The second-order valence-corrected chi connectivity index (χ2v) is 3.45. The molecule has 0 aliphatic carbocycles. The van der Waals surface area contributed by atoms with Crippen LogP contribution in [0, 0.1) is 0 Å². The summed E-state index contributed by atoms with van der Waals surface area (Å²) in [4.78, 5) is 0. The summed E-state index contributed by atoms with van der Waals surface area (Å²) in [5, 5.41) is 9.12. The van der Waals surface area contributed by atoms with Crippen LogP contribution < -0.4 is 5.73 Å². The quantitative estimate of drug-likeness (QED) is 0.450. The Labute approximate surface area is 81.8 Å². The minimum absolute atomic E-state index is 0.355. The first-order chi connectivity index (χ1) is 6.31. The van der Waals surface area contributed by atoms with Crippen LogP contribution in [0.4, 0.5) is 0 Å². The topological polar surface area (TPSA) is 46.2 Å². The standard InChI is InChI=1S/C11H23NO/c1-2-3-4-5-6-7-8-9-11(13)10-12/h7-8,11,13H,2-6,9-10,12H2,1H3/b8-7+. The Kier molecular flexibility index (Phi) is 9.49. The van der Waals surface area contributed by atoms with Crippen LogP contribution in [0.2, 0.25) is 0 Å². The highest BCUT2D eigenvalue weighted by Crippen LogP contribution is 2.03. The molecular formula is C11H23NO. The van der Waals surface area contributed by atoms with Crippen molar-refractivity contribution in [3.05, 3.63) is 12.2 Å². The lowest BCUT2D eigenvalue weighted by Gasteiger charge is -2.01. The molecule has 2 nitrogen and oxygen atoms in total. The van der Waals surface area contributed by atoms with E-state index in [1.54, 1.807) is 0 Å². The molecule has 0 saturated carbocycles. The van der Waals surface area contributed by atoms with E-state index in [1.807, 2.05) is 6.08 Å². The van der Waals surface area contributed by atoms with E-state index >= 15 is 0 Å². The fourth-order valence-electron chi connectivity index (χ4n) is 1.16. The van der Waals surface area contributed by atoms with E-state index in [0.717, 1.165) is 6.42 Å². The Balaban J connectivity index is 3.12. The van der Waals surface area contributed by atoms with Gasteiger partial charge in [0.05, 0.1) is 6.10 Å². The Hall–Kier alpha value is -0.340. The third-order valence-corrected chi connectivity index (χ3v) is 2.07. The van der Waals surface area contributed by atoms with Crippen molar-refractivity contribution in [3.8, 4) is 0 Å². The first-order valence-corrected chi connectivity index (χ1v) is 5.34. The van der Waals surface area contributed by atoms with E-state index < -0.39 is 0 Å². The summed E-state index contributed by atoms with van der Waals surface area (Å²) in [7, 11) is 0. The fraction of sp³-hybridized carbons (Fsp3) is 0.818. The predicted octanol–water partition coefficient (Wildman–Crippen LogP) is 2.22. The Bertz CT molecular complexity index is 123. The third kappa shape index (κ3) is 9.57. The Morgan fingerprint density at radius 1 is 1.23 bits per heavy atom.